The van der Waals surface area contributed by atoms with Crippen LogP contribution in [-0.4, -0.2) is 18.0 Å². The predicted molar refractivity (Wildman–Crippen MR) is 146 cm³/mol. The fourth-order valence-electron chi connectivity index (χ4n) is 4.46. The molecule has 0 fully saturated rings. The first-order chi connectivity index (χ1) is 17.1. The van der Waals surface area contributed by atoms with Crippen molar-refractivity contribution in [1.82, 2.24) is 4.98 Å². The Morgan fingerprint density at radius 2 is 1.81 bits per heavy atom. The third-order valence-electron chi connectivity index (χ3n) is 6.19. The monoisotopic (exact) mass is 503 g/mol. The van der Waals surface area contributed by atoms with Crippen molar-refractivity contribution in [2.24, 2.45) is 0 Å². The van der Waals surface area contributed by atoms with E-state index in [0.29, 0.717) is 5.69 Å². The average molecular weight is 504 g/mol. The number of benzene rings is 3. The number of hydrogen-bond acceptors (Lipinski definition) is 4. The van der Waals surface area contributed by atoms with Crippen molar-refractivity contribution in [3.63, 3.8) is 0 Å². The number of nitrogens with one attached hydrogen (secondary N) is 2. The van der Waals surface area contributed by atoms with Crippen molar-refractivity contribution in [3.05, 3.63) is 95.4 Å². The van der Waals surface area contributed by atoms with Crippen molar-refractivity contribution in [1.29, 1.82) is 0 Å². The number of aryl methyl sites for hydroxylation is 1. The Balaban J connectivity index is 0.00000304. The minimum absolute atomic E-state index is 0. The molecule has 2 N–H and O–H groups in total. The first-order valence-corrected chi connectivity index (χ1v) is 11.7. The molecule has 0 atom stereocenters. The third-order valence-corrected chi connectivity index (χ3v) is 6.19. The number of amides is 1. The molecular formula is C29H27ClFN3O2. The number of halogens is 2. The molecule has 5 rings (SSSR count). The lowest BCUT2D eigenvalue weighted by molar-refractivity contribution is -0.111. The number of para-hydroxylation sites is 2. The van der Waals surface area contributed by atoms with E-state index in [1.54, 1.807) is 25.3 Å². The van der Waals surface area contributed by atoms with Gasteiger partial charge in [-0.15, -0.1) is 12.4 Å². The molecule has 0 radical (unpaired) electrons. The van der Waals surface area contributed by atoms with Gasteiger partial charge in [-0.05, 0) is 85.4 Å². The highest BCUT2D eigenvalue weighted by Gasteiger charge is 2.19. The van der Waals surface area contributed by atoms with Gasteiger partial charge in [0.25, 0.3) is 0 Å². The van der Waals surface area contributed by atoms with E-state index in [9.17, 15) is 9.18 Å². The molecule has 1 aliphatic rings. The van der Waals surface area contributed by atoms with Crippen LogP contribution in [0.2, 0.25) is 0 Å². The number of hydrogen-bond donors (Lipinski definition) is 2. The second kappa shape index (κ2) is 11.2. The van der Waals surface area contributed by atoms with Crippen LogP contribution >= 0.6 is 12.4 Å². The second-order valence-electron chi connectivity index (χ2n) is 8.55. The Morgan fingerprint density at radius 3 is 2.61 bits per heavy atom. The number of fused-ring (bicyclic) bond motifs is 2. The van der Waals surface area contributed by atoms with Crippen molar-refractivity contribution in [2.45, 2.75) is 25.7 Å². The van der Waals surface area contributed by atoms with Gasteiger partial charge in [0.1, 0.15) is 11.6 Å². The Bertz CT molecular complexity index is 1420. The molecule has 1 aliphatic carbocycles. The highest BCUT2D eigenvalue weighted by Crippen LogP contribution is 2.38. The number of nitrogens with zero attached hydrogens (tertiary/aromatic N) is 1. The second-order valence-corrected chi connectivity index (χ2v) is 8.55. The molecule has 3 aromatic carbocycles. The zero-order valence-corrected chi connectivity index (χ0v) is 20.7. The quantitative estimate of drug-likeness (QED) is 0.276. The molecule has 0 saturated heterocycles. The maximum Gasteiger partial charge on any atom is 0.248 e. The Labute approximate surface area is 215 Å². The number of aromatic nitrogens is 1. The molecule has 0 unspecified atom stereocenters. The van der Waals surface area contributed by atoms with Gasteiger partial charge in [-0.1, -0.05) is 24.3 Å². The van der Waals surface area contributed by atoms with Crippen LogP contribution in [0.1, 0.15) is 29.7 Å². The van der Waals surface area contributed by atoms with Gasteiger partial charge in [-0.3, -0.25) is 9.78 Å². The number of methoxy groups -OCH3 is 1. The summed E-state index contributed by atoms with van der Waals surface area (Å²) in [7, 11) is 1.66. The number of anilines is 3. The molecular weight excluding hydrogens is 477 g/mol. The molecule has 1 amide bonds. The maximum absolute atomic E-state index is 13.1. The van der Waals surface area contributed by atoms with Gasteiger partial charge in [0, 0.05) is 22.8 Å². The van der Waals surface area contributed by atoms with Crippen LogP contribution in [0.15, 0.2) is 72.8 Å². The lowest BCUT2D eigenvalue weighted by atomic mass is 9.92. The van der Waals surface area contributed by atoms with E-state index in [1.165, 1.54) is 23.8 Å². The van der Waals surface area contributed by atoms with Crippen molar-refractivity contribution in [3.8, 4) is 5.75 Å². The van der Waals surface area contributed by atoms with Crippen molar-refractivity contribution >= 4 is 52.4 Å². The number of carbonyl (C=O) groups is 1. The summed E-state index contributed by atoms with van der Waals surface area (Å²) in [5.41, 5.74) is 6.53. The van der Waals surface area contributed by atoms with Gasteiger partial charge in [0.05, 0.1) is 24.0 Å². The normalized spacial score (nSPS) is 12.6. The van der Waals surface area contributed by atoms with Crippen LogP contribution in [0.5, 0.6) is 5.75 Å². The molecule has 1 aromatic heterocycles. The van der Waals surface area contributed by atoms with E-state index in [1.807, 2.05) is 42.5 Å². The highest BCUT2D eigenvalue weighted by molar-refractivity contribution is 6.04. The number of carbonyl (C=O) groups excluding carboxylic acids is 1. The van der Waals surface area contributed by atoms with E-state index in [0.717, 1.165) is 65.0 Å². The van der Waals surface area contributed by atoms with Gasteiger partial charge in [0.2, 0.25) is 5.91 Å². The molecule has 0 aliphatic heterocycles. The average Bonchev–Trinajstić information content (AvgIpc) is 2.89. The molecule has 7 heteroatoms. The third kappa shape index (κ3) is 5.50. The van der Waals surface area contributed by atoms with Crippen LogP contribution in [0.4, 0.5) is 21.5 Å². The van der Waals surface area contributed by atoms with E-state index in [-0.39, 0.29) is 24.1 Å². The first kappa shape index (κ1) is 25.2. The maximum atomic E-state index is 13.1. The van der Waals surface area contributed by atoms with E-state index in [2.05, 4.69) is 10.6 Å². The zero-order chi connectivity index (χ0) is 24.2. The summed E-state index contributed by atoms with van der Waals surface area (Å²) < 4.78 is 18.7. The van der Waals surface area contributed by atoms with Gasteiger partial charge in [0.15, 0.2) is 0 Å². The summed E-state index contributed by atoms with van der Waals surface area (Å²) in [6.07, 6.45) is 7.25. The summed E-state index contributed by atoms with van der Waals surface area (Å²) in [6.45, 7) is 0. The predicted octanol–water partition coefficient (Wildman–Crippen LogP) is 7.08. The standard InChI is InChI=1S/C29H26FN3O2.ClH/c1-35-27-9-5-4-8-26(27)33-29-22-6-2-3-7-24(22)32-25-16-15-21(18-23(25)29)31-28(34)17-12-19-10-13-20(30)14-11-19;/h4-5,8-18H,2-3,6-7H2,1H3,(H,31,34)(H,32,33);1H. The minimum atomic E-state index is -0.309. The SMILES string of the molecule is COc1ccccc1Nc1c2c(nc3ccc(NC(=O)C=Cc4ccc(F)cc4)cc13)CCCC2.Cl. The summed E-state index contributed by atoms with van der Waals surface area (Å²) in [5.74, 6) is 0.187. The number of rotatable bonds is 6. The van der Waals surface area contributed by atoms with E-state index < -0.39 is 0 Å². The summed E-state index contributed by atoms with van der Waals surface area (Å²) in [4.78, 5) is 17.5. The van der Waals surface area contributed by atoms with Crippen LogP contribution in [-0.2, 0) is 17.6 Å². The summed E-state index contributed by atoms with van der Waals surface area (Å²) >= 11 is 0. The van der Waals surface area contributed by atoms with E-state index >= 15 is 0 Å². The van der Waals surface area contributed by atoms with Gasteiger partial charge in [-0.2, -0.15) is 0 Å². The molecule has 0 spiro atoms. The first-order valence-electron chi connectivity index (χ1n) is 11.7. The molecule has 4 aromatic rings. The van der Waals surface area contributed by atoms with E-state index in [4.69, 9.17) is 9.72 Å². The summed E-state index contributed by atoms with van der Waals surface area (Å²) in [6, 6.07) is 19.6. The Hall–Kier alpha value is -3.90. The Morgan fingerprint density at radius 1 is 1.03 bits per heavy atom. The van der Waals surface area contributed by atoms with Crippen LogP contribution in [0, 0.1) is 5.82 Å². The van der Waals surface area contributed by atoms with Crippen LogP contribution < -0.4 is 15.4 Å². The van der Waals surface area contributed by atoms with Crippen LogP contribution in [0.25, 0.3) is 17.0 Å². The van der Waals surface area contributed by atoms with Crippen molar-refractivity contribution in [2.75, 3.05) is 17.7 Å². The topological polar surface area (TPSA) is 63.2 Å². The largest absolute Gasteiger partial charge is 0.495 e. The minimum Gasteiger partial charge on any atom is -0.495 e. The molecule has 1 heterocycles. The smallest absolute Gasteiger partial charge is 0.248 e. The summed E-state index contributed by atoms with van der Waals surface area (Å²) in [5, 5.41) is 7.47. The van der Waals surface area contributed by atoms with Gasteiger partial charge < -0.3 is 15.4 Å². The number of pyridine rings is 1. The van der Waals surface area contributed by atoms with Crippen LogP contribution in [0.3, 0.4) is 0 Å². The molecule has 36 heavy (non-hydrogen) atoms. The molecule has 0 saturated carbocycles. The fourth-order valence-corrected chi connectivity index (χ4v) is 4.46. The van der Waals surface area contributed by atoms with Gasteiger partial charge >= 0.3 is 0 Å². The molecule has 0 bridgehead atoms. The fraction of sp³-hybridized carbons (Fsp3) is 0.172. The van der Waals surface area contributed by atoms with Crippen molar-refractivity contribution < 1.29 is 13.9 Å². The lowest BCUT2D eigenvalue weighted by Gasteiger charge is -2.22. The highest BCUT2D eigenvalue weighted by atomic mass is 35.5. The van der Waals surface area contributed by atoms with Gasteiger partial charge in [-0.25, -0.2) is 4.39 Å². The zero-order valence-electron chi connectivity index (χ0n) is 19.9. The lowest BCUT2D eigenvalue weighted by Crippen LogP contribution is -2.11. The molecule has 184 valence electrons. The molecule has 5 nitrogen and oxygen atoms in total. The number of ether oxygens (including phenoxy) is 1. The Kier molecular flexibility index (Phi) is 7.86.